The quantitative estimate of drug-likeness (QED) is 0.865. The van der Waals surface area contributed by atoms with Gasteiger partial charge in [0.25, 0.3) is 0 Å². The molecule has 1 heterocycles. The predicted octanol–water partition coefficient (Wildman–Crippen LogP) is 1.21. The number of alkyl carbamates (subject to hydrolysis) is 1. The molecule has 0 unspecified atom stereocenters. The van der Waals surface area contributed by atoms with Crippen molar-refractivity contribution >= 4 is 6.09 Å². The van der Waals surface area contributed by atoms with E-state index in [9.17, 15) is 4.79 Å². The lowest BCUT2D eigenvalue weighted by atomic mass is 9.80. The summed E-state index contributed by atoms with van der Waals surface area (Å²) in [6.07, 6.45) is 3.53. The van der Waals surface area contributed by atoms with Gasteiger partial charge in [-0.3, -0.25) is 0 Å². The van der Waals surface area contributed by atoms with E-state index in [4.69, 9.17) is 10.5 Å². The van der Waals surface area contributed by atoms with Crippen molar-refractivity contribution in [3.05, 3.63) is 11.9 Å². The average Bonchev–Trinajstić information content (AvgIpc) is 2.71. The van der Waals surface area contributed by atoms with Crippen molar-refractivity contribution in [2.75, 3.05) is 6.54 Å². The molecular weight excluding hydrogens is 258 g/mol. The Hall–Kier alpha value is -1.63. The number of nitrogens with zero attached hydrogens (tertiary/aromatic N) is 3. The molecule has 7 nitrogen and oxygen atoms in total. The van der Waals surface area contributed by atoms with Crippen LogP contribution in [0.25, 0.3) is 0 Å². The first kappa shape index (κ1) is 14.8. The van der Waals surface area contributed by atoms with Crippen LogP contribution in [0.5, 0.6) is 0 Å². The first-order chi connectivity index (χ1) is 9.37. The van der Waals surface area contributed by atoms with Gasteiger partial charge in [-0.2, -0.15) is 0 Å². The van der Waals surface area contributed by atoms with Crippen LogP contribution in [0.1, 0.15) is 45.3 Å². The highest BCUT2D eigenvalue weighted by Gasteiger charge is 2.30. The van der Waals surface area contributed by atoms with Crippen molar-refractivity contribution in [1.29, 1.82) is 0 Å². The number of nitrogens with two attached hydrogens (primary N) is 1. The zero-order chi connectivity index (χ0) is 14.8. The van der Waals surface area contributed by atoms with Crippen LogP contribution < -0.4 is 11.1 Å². The second kappa shape index (κ2) is 5.78. The van der Waals surface area contributed by atoms with E-state index in [1.54, 1.807) is 0 Å². The second-order valence-electron chi connectivity index (χ2n) is 6.27. The van der Waals surface area contributed by atoms with Gasteiger partial charge >= 0.3 is 6.09 Å². The van der Waals surface area contributed by atoms with E-state index in [1.165, 1.54) is 0 Å². The average molecular weight is 281 g/mol. The summed E-state index contributed by atoms with van der Waals surface area (Å²) in [4.78, 5) is 11.5. The highest BCUT2D eigenvalue weighted by molar-refractivity contribution is 5.67. The number of aromatic nitrogens is 3. The molecule has 0 aromatic carbocycles. The molecule has 2 rings (SSSR count). The van der Waals surface area contributed by atoms with Crippen LogP contribution in [-0.4, -0.2) is 33.2 Å². The molecule has 0 atom stereocenters. The van der Waals surface area contributed by atoms with Crippen LogP contribution in [0.3, 0.4) is 0 Å². The molecule has 1 fully saturated rings. The van der Waals surface area contributed by atoms with E-state index >= 15 is 0 Å². The maximum absolute atomic E-state index is 11.5. The Balaban J connectivity index is 1.77. The van der Waals surface area contributed by atoms with Crippen molar-refractivity contribution in [1.82, 2.24) is 20.3 Å². The number of nitrogens with one attached hydrogen (secondary N) is 1. The summed E-state index contributed by atoms with van der Waals surface area (Å²) in [7, 11) is 0. The monoisotopic (exact) mass is 281 g/mol. The normalized spacial score (nSPS) is 22.2. The zero-order valence-electron chi connectivity index (χ0n) is 12.3. The van der Waals surface area contributed by atoms with Crippen LogP contribution in [0.15, 0.2) is 6.20 Å². The van der Waals surface area contributed by atoms with Gasteiger partial charge < -0.3 is 15.8 Å². The molecule has 1 aliphatic carbocycles. The number of amides is 1. The van der Waals surface area contributed by atoms with Gasteiger partial charge in [-0.1, -0.05) is 5.21 Å². The van der Waals surface area contributed by atoms with Gasteiger partial charge in [0.1, 0.15) is 11.3 Å². The fraction of sp³-hybridized carbons (Fsp3) is 0.769. The van der Waals surface area contributed by atoms with Crippen molar-refractivity contribution < 1.29 is 9.53 Å². The molecule has 3 N–H and O–H groups in total. The molecule has 0 radical (unpaired) electrons. The number of carbonyl (C=O) groups excluding carboxylic acids is 1. The molecule has 1 aliphatic rings. The number of hydrogen-bond donors (Lipinski definition) is 2. The summed E-state index contributed by atoms with van der Waals surface area (Å²) >= 11 is 0. The first-order valence-corrected chi connectivity index (χ1v) is 6.95. The largest absolute Gasteiger partial charge is 0.444 e. The van der Waals surface area contributed by atoms with Crippen LogP contribution in [0.2, 0.25) is 0 Å². The molecule has 0 bridgehead atoms. The Bertz CT molecular complexity index is 460. The lowest BCUT2D eigenvalue weighted by molar-refractivity contribution is 0.0523. The summed E-state index contributed by atoms with van der Waals surface area (Å²) < 4.78 is 7.02. The van der Waals surface area contributed by atoms with Gasteiger partial charge in [-0.25, -0.2) is 9.48 Å². The highest BCUT2D eigenvalue weighted by Crippen LogP contribution is 2.36. The second-order valence-corrected chi connectivity index (χ2v) is 6.27. The first-order valence-electron chi connectivity index (χ1n) is 6.95. The standard InChI is InChI=1S/C13H23N5O2/c1-13(2,3)20-12(19)15-7-10-8-18(17-16-10)11-4-9(5-11)6-14/h8-9,11H,4-7,14H2,1-3H3,(H,15,19). The molecule has 0 saturated heterocycles. The molecule has 1 aromatic rings. The van der Waals surface area contributed by atoms with E-state index < -0.39 is 11.7 Å². The minimum Gasteiger partial charge on any atom is -0.444 e. The van der Waals surface area contributed by atoms with Crippen LogP contribution in [-0.2, 0) is 11.3 Å². The minimum absolute atomic E-state index is 0.321. The Kier molecular flexibility index (Phi) is 4.27. The number of ether oxygens (including phenoxy) is 1. The molecule has 7 heteroatoms. The summed E-state index contributed by atoms with van der Waals surface area (Å²) in [5.74, 6) is 0.604. The Labute approximate surface area is 118 Å². The lowest BCUT2D eigenvalue weighted by Crippen LogP contribution is -2.32. The Morgan fingerprint density at radius 2 is 2.25 bits per heavy atom. The third kappa shape index (κ3) is 3.93. The summed E-state index contributed by atoms with van der Waals surface area (Å²) in [5, 5.41) is 10.8. The van der Waals surface area contributed by atoms with Crippen LogP contribution in [0.4, 0.5) is 4.79 Å². The van der Waals surface area contributed by atoms with Gasteiger partial charge in [-0.15, -0.1) is 5.10 Å². The molecule has 1 aromatic heterocycles. The van der Waals surface area contributed by atoms with Gasteiger partial charge in [0.05, 0.1) is 18.8 Å². The molecule has 1 saturated carbocycles. The molecule has 0 aliphatic heterocycles. The fourth-order valence-corrected chi connectivity index (χ4v) is 2.16. The third-order valence-corrected chi connectivity index (χ3v) is 3.29. The van der Waals surface area contributed by atoms with Gasteiger partial charge in [0, 0.05) is 0 Å². The number of hydrogen-bond acceptors (Lipinski definition) is 5. The van der Waals surface area contributed by atoms with E-state index in [0.717, 1.165) is 25.1 Å². The summed E-state index contributed by atoms with van der Waals surface area (Å²) in [5.41, 5.74) is 5.84. The van der Waals surface area contributed by atoms with Gasteiger partial charge in [0.2, 0.25) is 0 Å². The Morgan fingerprint density at radius 3 is 2.85 bits per heavy atom. The summed E-state index contributed by atoms with van der Waals surface area (Å²) in [6.45, 7) is 6.54. The maximum Gasteiger partial charge on any atom is 0.407 e. The van der Waals surface area contributed by atoms with Crippen molar-refractivity contribution in [2.24, 2.45) is 11.7 Å². The molecular formula is C13H23N5O2. The van der Waals surface area contributed by atoms with E-state index in [0.29, 0.717) is 18.5 Å². The van der Waals surface area contributed by atoms with E-state index in [1.807, 2.05) is 31.6 Å². The van der Waals surface area contributed by atoms with E-state index in [-0.39, 0.29) is 0 Å². The maximum atomic E-state index is 11.5. The smallest absolute Gasteiger partial charge is 0.407 e. The number of rotatable bonds is 4. The van der Waals surface area contributed by atoms with Crippen molar-refractivity contribution in [3.63, 3.8) is 0 Å². The molecule has 20 heavy (non-hydrogen) atoms. The van der Waals surface area contributed by atoms with Gasteiger partial charge in [-0.05, 0) is 46.1 Å². The molecule has 0 spiro atoms. The SMILES string of the molecule is CC(C)(C)OC(=O)NCc1cn(C2CC(CN)C2)nn1. The van der Waals surface area contributed by atoms with Crippen LogP contribution in [0, 0.1) is 5.92 Å². The highest BCUT2D eigenvalue weighted by atomic mass is 16.6. The Morgan fingerprint density at radius 1 is 1.55 bits per heavy atom. The lowest BCUT2D eigenvalue weighted by Gasteiger charge is -2.33. The van der Waals surface area contributed by atoms with Crippen molar-refractivity contribution in [3.8, 4) is 0 Å². The molecule has 112 valence electrons. The minimum atomic E-state index is -0.495. The summed E-state index contributed by atoms with van der Waals surface area (Å²) in [6, 6.07) is 0.395. The van der Waals surface area contributed by atoms with Crippen molar-refractivity contribution in [2.45, 2.75) is 51.8 Å². The zero-order valence-corrected chi connectivity index (χ0v) is 12.3. The van der Waals surface area contributed by atoms with Crippen LogP contribution >= 0.6 is 0 Å². The topological polar surface area (TPSA) is 95.1 Å². The molecule has 1 amide bonds. The fourth-order valence-electron chi connectivity index (χ4n) is 2.16. The third-order valence-electron chi connectivity index (χ3n) is 3.29. The van der Waals surface area contributed by atoms with E-state index in [2.05, 4.69) is 15.6 Å². The predicted molar refractivity (Wildman–Crippen MR) is 73.9 cm³/mol. The van der Waals surface area contributed by atoms with Gasteiger partial charge in [0.15, 0.2) is 0 Å². The number of carbonyl (C=O) groups is 1.